The van der Waals surface area contributed by atoms with Crippen LogP contribution in [0.4, 0.5) is 0 Å². The molecular formula is C20H19N3O2S3. The Labute approximate surface area is 177 Å². The normalized spacial score (nSPS) is 21.6. The summed E-state index contributed by atoms with van der Waals surface area (Å²) >= 11 is 8.21. The molecule has 0 radical (unpaired) electrons. The monoisotopic (exact) mass is 429 g/mol. The summed E-state index contributed by atoms with van der Waals surface area (Å²) in [5, 5.41) is 1.96. The number of thiocarbonyl (C=S) groups is 1. The van der Waals surface area contributed by atoms with Gasteiger partial charge in [-0.05, 0) is 48.4 Å². The zero-order valence-corrected chi connectivity index (χ0v) is 17.6. The van der Waals surface area contributed by atoms with Gasteiger partial charge in [-0.25, -0.2) is 0 Å². The van der Waals surface area contributed by atoms with E-state index < -0.39 is 0 Å². The molecule has 2 aromatic heterocycles. The summed E-state index contributed by atoms with van der Waals surface area (Å²) in [6, 6.07) is 7.80. The molecule has 144 valence electrons. The first-order valence-electron chi connectivity index (χ1n) is 9.12. The highest BCUT2D eigenvalue weighted by Crippen LogP contribution is 2.35. The predicted molar refractivity (Wildman–Crippen MR) is 117 cm³/mol. The molecule has 2 aliphatic rings. The van der Waals surface area contributed by atoms with Gasteiger partial charge in [-0.2, -0.15) is 0 Å². The predicted octanol–water partition coefficient (Wildman–Crippen LogP) is 4.10. The number of hydrogen-bond donors (Lipinski definition) is 0. The molecule has 4 rings (SSSR count). The molecular weight excluding hydrogens is 410 g/mol. The lowest BCUT2D eigenvalue weighted by atomic mass is 9.96. The van der Waals surface area contributed by atoms with Gasteiger partial charge >= 0.3 is 0 Å². The molecule has 2 amide bonds. The van der Waals surface area contributed by atoms with Crippen LogP contribution in [0.15, 0.2) is 46.9 Å². The Balaban J connectivity index is 1.49. The maximum absolute atomic E-state index is 13.1. The van der Waals surface area contributed by atoms with Crippen LogP contribution in [0.5, 0.6) is 0 Å². The molecule has 28 heavy (non-hydrogen) atoms. The van der Waals surface area contributed by atoms with Crippen LogP contribution in [0.25, 0.3) is 6.08 Å². The minimum absolute atomic E-state index is 0.00927. The molecule has 2 fully saturated rings. The fourth-order valence-corrected chi connectivity index (χ4v) is 5.49. The molecule has 0 unspecified atom stereocenters. The standard InChI is InChI=1S/C20H19N3O2S3/c24-18(22-9-2-1-7-16(22)14-5-3-8-21-12-14)13-23-19(25)17(28-20(23)26)11-15-6-4-10-27-15/h3-6,8,10-12,16H,1-2,7,9,13H2/b17-11-/t16-/m0/s1. The lowest BCUT2D eigenvalue weighted by Crippen LogP contribution is -2.45. The number of nitrogens with zero attached hydrogens (tertiary/aromatic N) is 3. The molecule has 2 saturated heterocycles. The van der Waals surface area contributed by atoms with Gasteiger partial charge in [0.05, 0.1) is 10.9 Å². The summed E-state index contributed by atoms with van der Waals surface area (Å²) in [6.45, 7) is 0.682. The van der Waals surface area contributed by atoms with Crippen molar-refractivity contribution in [1.82, 2.24) is 14.8 Å². The highest BCUT2D eigenvalue weighted by molar-refractivity contribution is 8.26. The summed E-state index contributed by atoms with van der Waals surface area (Å²) in [5.41, 5.74) is 1.04. The van der Waals surface area contributed by atoms with E-state index in [9.17, 15) is 9.59 Å². The van der Waals surface area contributed by atoms with Gasteiger partial charge in [0.2, 0.25) is 5.91 Å². The van der Waals surface area contributed by atoms with Crippen molar-refractivity contribution in [2.24, 2.45) is 0 Å². The molecule has 0 bridgehead atoms. The van der Waals surface area contributed by atoms with Crippen molar-refractivity contribution in [3.8, 4) is 0 Å². The summed E-state index contributed by atoms with van der Waals surface area (Å²) < 4.78 is 0.441. The number of thioether (sulfide) groups is 1. The number of carbonyl (C=O) groups excluding carboxylic acids is 2. The molecule has 0 N–H and O–H groups in total. The quantitative estimate of drug-likeness (QED) is 0.541. The van der Waals surface area contributed by atoms with E-state index in [2.05, 4.69) is 4.98 Å². The van der Waals surface area contributed by atoms with Crippen molar-refractivity contribution in [2.45, 2.75) is 25.3 Å². The molecule has 2 aromatic rings. The third-order valence-corrected chi connectivity index (χ3v) is 7.07. The highest BCUT2D eigenvalue weighted by Gasteiger charge is 2.36. The van der Waals surface area contributed by atoms with E-state index in [4.69, 9.17) is 12.2 Å². The Hall–Kier alpha value is -2.03. The van der Waals surface area contributed by atoms with Crippen molar-refractivity contribution in [1.29, 1.82) is 0 Å². The summed E-state index contributed by atoms with van der Waals surface area (Å²) in [5.74, 6) is -0.256. The second-order valence-electron chi connectivity index (χ2n) is 6.67. The maximum atomic E-state index is 13.1. The van der Waals surface area contributed by atoms with Gasteiger partial charge in [-0.1, -0.05) is 36.1 Å². The molecule has 1 atom stereocenters. The van der Waals surface area contributed by atoms with Crippen molar-refractivity contribution >= 4 is 57.5 Å². The first kappa shape index (κ1) is 19.3. The Morgan fingerprint density at radius 1 is 1.32 bits per heavy atom. The minimum Gasteiger partial charge on any atom is -0.334 e. The van der Waals surface area contributed by atoms with Crippen molar-refractivity contribution in [2.75, 3.05) is 13.1 Å². The number of amides is 2. The zero-order valence-electron chi connectivity index (χ0n) is 15.1. The number of likely N-dealkylation sites (tertiary alicyclic amines) is 1. The highest BCUT2D eigenvalue weighted by atomic mass is 32.2. The van der Waals surface area contributed by atoms with Gasteiger partial charge in [0, 0.05) is 23.8 Å². The number of rotatable bonds is 4. The minimum atomic E-state index is -0.188. The molecule has 2 aliphatic heterocycles. The van der Waals surface area contributed by atoms with E-state index in [1.165, 1.54) is 16.7 Å². The van der Waals surface area contributed by atoms with Gasteiger partial charge in [0.1, 0.15) is 10.9 Å². The Morgan fingerprint density at radius 2 is 2.21 bits per heavy atom. The molecule has 0 spiro atoms. The third-order valence-electron chi connectivity index (χ3n) is 4.88. The lowest BCUT2D eigenvalue weighted by molar-refractivity contribution is -0.138. The summed E-state index contributed by atoms with van der Waals surface area (Å²) in [4.78, 5) is 34.9. The zero-order chi connectivity index (χ0) is 19.5. The second-order valence-corrected chi connectivity index (χ2v) is 9.32. The van der Waals surface area contributed by atoms with Crippen molar-refractivity contribution < 1.29 is 9.59 Å². The summed E-state index contributed by atoms with van der Waals surface area (Å²) in [6.07, 6.45) is 8.35. The number of pyridine rings is 1. The van der Waals surface area contributed by atoms with E-state index in [1.54, 1.807) is 17.5 Å². The molecule has 8 heteroatoms. The lowest BCUT2D eigenvalue weighted by Gasteiger charge is -2.36. The van der Waals surface area contributed by atoms with Crippen LogP contribution in [-0.4, -0.2) is 44.0 Å². The van der Waals surface area contributed by atoms with E-state index in [-0.39, 0.29) is 24.4 Å². The Morgan fingerprint density at radius 3 is 2.96 bits per heavy atom. The number of thiophene rings is 1. The molecule has 0 aromatic carbocycles. The maximum Gasteiger partial charge on any atom is 0.266 e. The van der Waals surface area contributed by atoms with E-state index >= 15 is 0 Å². The molecule has 4 heterocycles. The smallest absolute Gasteiger partial charge is 0.266 e. The van der Waals surface area contributed by atoms with Crippen LogP contribution in [-0.2, 0) is 9.59 Å². The first-order valence-corrected chi connectivity index (χ1v) is 11.2. The SMILES string of the molecule is O=C1/C(=C/c2cccs2)SC(=S)N1CC(=O)N1CCCC[C@H]1c1cccnc1. The fourth-order valence-electron chi connectivity index (χ4n) is 3.51. The molecule has 0 saturated carbocycles. The van der Waals surface area contributed by atoms with Gasteiger partial charge in [0.25, 0.3) is 5.91 Å². The topological polar surface area (TPSA) is 53.5 Å². The number of aromatic nitrogens is 1. The van der Waals surface area contributed by atoms with Crippen LogP contribution < -0.4 is 0 Å². The van der Waals surface area contributed by atoms with Crippen LogP contribution >= 0.6 is 35.3 Å². The van der Waals surface area contributed by atoms with Crippen LogP contribution in [0, 0.1) is 0 Å². The Bertz CT molecular complexity index is 912. The van der Waals surface area contributed by atoms with Crippen LogP contribution in [0.2, 0.25) is 0 Å². The number of hydrogen-bond acceptors (Lipinski definition) is 6. The molecule has 5 nitrogen and oxygen atoms in total. The third kappa shape index (κ3) is 4.04. The van der Waals surface area contributed by atoms with Gasteiger partial charge in [-0.15, -0.1) is 11.3 Å². The van der Waals surface area contributed by atoms with Gasteiger partial charge in [-0.3, -0.25) is 19.5 Å². The van der Waals surface area contributed by atoms with Crippen LogP contribution in [0.3, 0.4) is 0 Å². The van der Waals surface area contributed by atoms with Gasteiger partial charge in [0.15, 0.2) is 0 Å². The average Bonchev–Trinajstić information content (AvgIpc) is 3.33. The van der Waals surface area contributed by atoms with E-state index in [0.717, 1.165) is 29.7 Å². The van der Waals surface area contributed by atoms with Gasteiger partial charge < -0.3 is 4.90 Å². The second kappa shape index (κ2) is 8.55. The largest absolute Gasteiger partial charge is 0.334 e. The first-order chi connectivity index (χ1) is 13.6. The summed E-state index contributed by atoms with van der Waals surface area (Å²) in [7, 11) is 0. The molecule has 0 aliphatic carbocycles. The van der Waals surface area contributed by atoms with E-state index in [1.807, 2.05) is 46.8 Å². The number of carbonyl (C=O) groups is 2. The van der Waals surface area contributed by atoms with Crippen molar-refractivity contribution in [3.05, 3.63) is 57.4 Å². The fraction of sp³-hybridized carbons (Fsp3) is 0.300. The van der Waals surface area contributed by atoms with Crippen molar-refractivity contribution in [3.63, 3.8) is 0 Å². The average molecular weight is 430 g/mol. The number of piperidine rings is 1. The van der Waals surface area contributed by atoms with Crippen LogP contribution in [0.1, 0.15) is 35.7 Å². The van der Waals surface area contributed by atoms with E-state index in [0.29, 0.717) is 15.8 Å². The Kier molecular flexibility index (Phi) is 5.89.